The normalized spacial score (nSPS) is 12.3. The number of thioether (sulfide) groups is 1. The van der Waals surface area contributed by atoms with Gasteiger partial charge < -0.3 is 4.90 Å². The Morgan fingerprint density at radius 3 is 2.76 bits per heavy atom. The van der Waals surface area contributed by atoms with Crippen LogP contribution in [0.2, 0.25) is 0 Å². The molecule has 1 aromatic rings. The predicted octanol–water partition coefficient (Wildman–Crippen LogP) is 3.11. The van der Waals surface area contributed by atoms with Crippen LogP contribution in [0.3, 0.4) is 0 Å². The molecule has 0 heterocycles. The maximum Gasteiger partial charge on any atom is 0.254 e. The number of carbonyl (C=O) groups excluding carboxylic acids is 1. The largest absolute Gasteiger partial charge is 0.338 e. The number of rotatable bonds is 4. The molecule has 1 amide bonds. The van der Waals surface area contributed by atoms with Crippen LogP contribution in [0, 0.1) is 6.92 Å². The number of hydrogen-bond donors (Lipinski definition) is 1. The molecule has 0 aliphatic heterocycles. The Morgan fingerprint density at radius 2 is 2.18 bits per heavy atom. The Morgan fingerprint density at radius 1 is 1.53 bits per heavy atom. The van der Waals surface area contributed by atoms with E-state index < -0.39 is 0 Å². The first-order valence-corrected chi connectivity index (χ1v) is 7.37. The van der Waals surface area contributed by atoms with Crippen molar-refractivity contribution in [3.63, 3.8) is 0 Å². The van der Waals surface area contributed by atoms with Crippen molar-refractivity contribution in [3.8, 4) is 0 Å². The molecule has 0 fully saturated rings. The lowest BCUT2D eigenvalue weighted by atomic mass is 10.1. The summed E-state index contributed by atoms with van der Waals surface area (Å²) >= 11 is 6.03. The van der Waals surface area contributed by atoms with Crippen molar-refractivity contribution in [2.45, 2.75) is 24.8 Å². The van der Waals surface area contributed by atoms with Crippen molar-refractivity contribution in [2.24, 2.45) is 0 Å². The summed E-state index contributed by atoms with van der Waals surface area (Å²) in [5.74, 6) is 1.02. The summed E-state index contributed by atoms with van der Waals surface area (Å²) in [6, 6.07) is 5.91. The van der Waals surface area contributed by atoms with Crippen LogP contribution >= 0.6 is 24.4 Å². The standard InChI is InChI=1S/C13H19NOS2/c1-9-5-6-11(16)7-12(9)13(15)14(3)10(2)8-17-4/h5-7,10,16H,8H2,1-4H3. The smallest absolute Gasteiger partial charge is 0.254 e. The summed E-state index contributed by atoms with van der Waals surface area (Å²) < 4.78 is 0. The highest BCUT2D eigenvalue weighted by molar-refractivity contribution is 7.98. The second kappa shape index (κ2) is 6.36. The molecule has 1 rings (SSSR count). The van der Waals surface area contributed by atoms with E-state index in [9.17, 15) is 4.79 Å². The summed E-state index contributed by atoms with van der Waals surface area (Å²) in [5.41, 5.74) is 1.74. The molecule has 17 heavy (non-hydrogen) atoms. The molecule has 0 spiro atoms. The summed E-state index contributed by atoms with van der Waals surface area (Å²) in [7, 11) is 1.86. The number of benzene rings is 1. The van der Waals surface area contributed by atoms with Gasteiger partial charge in [-0.05, 0) is 37.8 Å². The number of aryl methyl sites for hydroxylation is 1. The van der Waals surface area contributed by atoms with Gasteiger partial charge in [0.05, 0.1) is 0 Å². The number of carbonyl (C=O) groups is 1. The van der Waals surface area contributed by atoms with E-state index in [2.05, 4.69) is 25.8 Å². The molecule has 0 saturated carbocycles. The minimum atomic E-state index is 0.0694. The fourth-order valence-electron chi connectivity index (χ4n) is 1.58. The second-order valence-corrected chi connectivity index (χ2v) is 5.65. The van der Waals surface area contributed by atoms with Crippen molar-refractivity contribution >= 4 is 30.3 Å². The average Bonchev–Trinajstić information content (AvgIpc) is 2.30. The van der Waals surface area contributed by atoms with Crippen molar-refractivity contribution in [1.82, 2.24) is 4.90 Å². The lowest BCUT2D eigenvalue weighted by molar-refractivity contribution is 0.0756. The molecule has 0 saturated heterocycles. The molecule has 0 radical (unpaired) electrons. The Bertz CT molecular complexity index is 406. The Hall–Kier alpha value is -0.610. The van der Waals surface area contributed by atoms with Crippen molar-refractivity contribution in [1.29, 1.82) is 0 Å². The third-order valence-corrected chi connectivity index (χ3v) is 3.93. The van der Waals surface area contributed by atoms with Gasteiger partial charge in [-0.25, -0.2) is 0 Å². The van der Waals surface area contributed by atoms with Crippen LogP contribution in [0.15, 0.2) is 23.1 Å². The van der Waals surface area contributed by atoms with Gasteiger partial charge in [0.25, 0.3) is 5.91 Å². The molecule has 1 atom stereocenters. The van der Waals surface area contributed by atoms with E-state index in [1.165, 1.54) is 0 Å². The molecule has 0 aliphatic carbocycles. The third-order valence-electron chi connectivity index (χ3n) is 2.84. The summed E-state index contributed by atoms with van der Waals surface area (Å²) in [6.07, 6.45) is 2.05. The van der Waals surface area contributed by atoms with Crippen LogP contribution in [0.25, 0.3) is 0 Å². The molecular formula is C13H19NOS2. The van der Waals surface area contributed by atoms with E-state index in [1.807, 2.05) is 32.2 Å². The van der Waals surface area contributed by atoms with Crippen molar-refractivity contribution in [2.75, 3.05) is 19.1 Å². The number of thiol groups is 1. The lowest BCUT2D eigenvalue weighted by Gasteiger charge is -2.25. The van der Waals surface area contributed by atoms with Gasteiger partial charge in [0.2, 0.25) is 0 Å². The molecule has 0 N–H and O–H groups in total. The molecule has 1 unspecified atom stereocenters. The zero-order chi connectivity index (χ0) is 13.0. The maximum atomic E-state index is 12.3. The zero-order valence-corrected chi connectivity index (χ0v) is 12.4. The number of nitrogens with zero attached hydrogens (tertiary/aromatic N) is 1. The first-order chi connectivity index (χ1) is 7.97. The molecular weight excluding hydrogens is 250 g/mol. The van der Waals surface area contributed by atoms with Crippen LogP contribution in [-0.4, -0.2) is 35.9 Å². The number of amides is 1. The van der Waals surface area contributed by atoms with Gasteiger partial charge in [-0.15, -0.1) is 12.6 Å². The first kappa shape index (κ1) is 14.5. The highest BCUT2D eigenvalue weighted by atomic mass is 32.2. The minimum Gasteiger partial charge on any atom is -0.338 e. The molecule has 0 aliphatic rings. The summed E-state index contributed by atoms with van der Waals surface area (Å²) in [6.45, 7) is 4.02. The van der Waals surface area contributed by atoms with Crippen LogP contribution in [0.1, 0.15) is 22.8 Å². The van der Waals surface area contributed by atoms with Gasteiger partial charge in [0, 0.05) is 29.3 Å². The van der Waals surface area contributed by atoms with Gasteiger partial charge in [-0.1, -0.05) is 6.07 Å². The summed E-state index contributed by atoms with van der Waals surface area (Å²) in [4.78, 5) is 14.9. The van der Waals surface area contributed by atoms with Gasteiger partial charge in [0.15, 0.2) is 0 Å². The summed E-state index contributed by atoms with van der Waals surface area (Å²) in [5, 5.41) is 0. The highest BCUT2D eigenvalue weighted by Crippen LogP contribution is 2.17. The van der Waals surface area contributed by atoms with Crippen LogP contribution in [0.5, 0.6) is 0 Å². The maximum absolute atomic E-state index is 12.3. The van der Waals surface area contributed by atoms with Crippen molar-refractivity contribution in [3.05, 3.63) is 29.3 Å². The van der Waals surface area contributed by atoms with E-state index >= 15 is 0 Å². The van der Waals surface area contributed by atoms with Crippen LogP contribution in [-0.2, 0) is 0 Å². The number of hydrogen-bond acceptors (Lipinski definition) is 3. The van der Waals surface area contributed by atoms with E-state index in [-0.39, 0.29) is 11.9 Å². The van der Waals surface area contributed by atoms with Gasteiger partial charge in [-0.2, -0.15) is 11.8 Å². The molecule has 94 valence electrons. The van der Waals surface area contributed by atoms with E-state index in [1.54, 1.807) is 16.7 Å². The SMILES string of the molecule is CSCC(C)N(C)C(=O)c1cc(S)ccc1C. The third kappa shape index (κ3) is 3.68. The predicted molar refractivity (Wildman–Crippen MR) is 78.4 cm³/mol. The lowest BCUT2D eigenvalue weighted by Crippen LogP contribution is -2.36. The fraction of sp³-hybridized carbons (Fsp3) is 0.462. The quantitative estimate of drug-likeness (QED) is 0.848. The van der Waals surface area contributed by atoms with Gasteiger partial charge in [0.1, 0.15) is 0 Å². The zero-order valence-electron chi connectivity index (χ0n) is 10.7. The minimum absolute atomic E-state index is 0.0694. The molecule has 1 aromatic carbocycles. The van der Waals surface area contributed by atoms with Crippen LogP contribution < -0.4 is 0 Å². The average molecular weight is 269 g/mol. The monoisotopic (exact) mass is 269 g/mol. The Labute approximate surface area is 113 Å². The van der Waals surface area contributed by atoms with Gasteiger partial charge in [-0.3, -0.25) is 4.79 Å². The molecule has 0 aromatic heterocycles. The molecule has 4 heteroatoms. The fourth-order valence-corrected chi connectivity index (χ4v) is 2.49. The Balaban J connectivity index is 2.92. The Kier molecular flexibility index (Phi) is 5.40. The second-order valence-electron chi connectivity index (χ2n) is 4.22. The first-order valence-electron chi connectivity index (χ1n) is 5.53. The van der Waals surface area contributed by atoms with E-state index in [0.717, 1.165) is 21.8 Å². The molecule has 2 nitrogen and oxygen atoms in total. The van der Waals surface area contributed by atoms with E-state index in [4.69, 9.17) is 0 Å². The highest BCUT2D eigenvalue weighted by Gasteiger charge is 2.18. The topological polar surface area (TPSA) is 20.3 Å². The van der Waals surface area contributed by atoms with Crippen LogP contribution in [0.4, 0.5) is 0 Å². The van der Waals surface area contributed by atoms with Gasteiger partial charge >= 0.3 is 0 Å². The van der Waals surface area contributed by atoms with E-state index in [0.29, 0.717) is 0 Å². The van der Waals surface area contributed by atoms with Crippen molar-refractivity contribution < 1.29 is 4.79 Å². The molecule has 0 bridgehead atoms.